The van der Waals surface area contributed by atoms with Gasteiger partial charge in [-0.25, -0.2) is 0 Å². The number of amides is 3. The van der Waals surface area contributed by atoms with Gasteiger partial charge in [-0.2, -0.15) is 0 Å². The van der Waals surface area contributed by atoms with Crippen LogP contribution in [0, 0.1) is 10.1 Å². The second-order valence-electron chi connectivity index (χ2n) is 7.78. The first-order chi connectivity index (χ1) is 15.9. The molecule has 1 aliphatic rings. The normalized spacial score (nSPS) is 12.6. The molecule has 0 fully saturated rings. The van der Waals surface area contributed by atoms with Crippen LogP contribution in [0.4, 0.5) is 11.4 Å². The Morgan fingerprint density at radius 1 is 1.03 bits per heavy atom. The fourth-order valence-electron chi connectivity index (χ4n) is 3.64. The number of nitrogens with zero attached hydrogens (tertiary/aromatic N) is 2. The number of carbonyl (C=O) groups excluding carboxylic acids is 3. The number of hydrogen-bond acceptors (Lipinski definition) is 6. The Morgan fingerprint density at radius 2 is 1.82 bits per heavy atom. The molecule has 2 aromatic rings. The van der Waals surface area contributed by atoms with Gasteiger partial charge >= 0.3 is 0 Å². The minimum atomic E-state index is -0.654. The van der Waals surface area contributed by atoms with Gasteiger partial charge in [0, 0.05) is 19.0 Å². The number of anilines is 1. The number of nitro groups is 1. The molecule has 3 rings (SSSR count). The van der Waals surface area contributed by atoms with Gasteiger partial charge in [0.2, 0.25) is 5.91 Å². The summed E-state index contributed by atoms with van der Waals surface area (Å²) in [6, 6.07) is 11.3. The van der Waals surface area contributed by atoms with E-state index in [-0.39, 0.29) is 35.7 Å². The van der Waals surface area contributed by atoms with Crippen LogP contribution in [0.2, 0.25) is 0 Å². The van der Waals surface area contributed by atoms with Gasteiger partial charge < -0.3 is 10.1 Å². The quantitative estimate of drug-likeness (QED) is 0.218. The minimum absolute atomic E-state index is 0.0633. The zero-order valence-electron chi connectivity index (χ0n) is 18.5. The molecule has 0 saturated heterocycles. The van der Waals surface area contributed by atoms with Crippen LogP contribution >= 0.6 is 0 Å². The molecular weight excluding hydrogens is 426 g/mol. The maximum absolute atomic E-state index is 12.6. The first-order valence-corrected chi connectivity index (χ1v) is 11.1. The van der Waals surface area contributed by atoms with Crippen molar-refractivity contribution in [1.29, 1.82) is 0 Å². The highest BCUT2D eigenvalue weighted by Gasteiger charge is 2.40. The maximum atomic E-state index is 12.6. The van der Waals surface area contributed by atoms with Crippen molar-refractivity contribution in [2.45, 2.75) is 45.4 Å². The van der Waals surface area contributed by atoms with Gasteiger partial charge in [0.1, 0.15) is 11.3 Å². The maximum Gasteiger partial charge on any atom is 0.282 e. The van der Waals surface area contributed by atoms with Gasteiger partial charge in [0.25, 0.3) is 17.5 Å². The van der Waals surface area contributed by atoms with E-state index >= 15 is 0 Å². The predicted molar refractivity (Wildman–Crippen MR) is 122 cm³/mol. The highest BCUT2D eigenvalue weighted by Crippen LogP contribution is 2.31. The molecule has 1 N–H and O–H groups in total. The second-order valence-corrected chi connectivity index (χ2v) is 7.78. The molecular formula is C24H27N3O6. The molecule has 0 aromatic heterocycles. The van der Waals surface area contributed by atoms with Crippen molar-refractivity contribution >= 4 is 29.1 Å². The van der Waals surface area contributed by atoms with Gasteiger partial charge in [-0.3, -0.25) is 29.4 Å². The Kier molecular flexibility index (Phi) is 8.12. The lowest BCUT2D eigenvalue weighted by atomic mass is 10.1. The lowest BCUT2D eigenvalue weighted by Crippen LogP contribution is -2.30. The Balaban J connectivity index is 1.45. The number of benzene rings is 2. The molecule has 0 spiro atoms. The third-order valence-electron chi connectivity index (χ3n) is 5.38. The van der Waals surface area contributed by atoms with Gasteiger partial charge in [0.05, 0.1) is 22.8 Å². The molecule has 3 amide bonds. The largest absolute Gasteiger partial charge is 0.491 e. The van der Waals surface area contributed by atoms with Crippen LogP contribution in [0.15, 0.2) is 42.5 Å². The Bertz CT molecular complexity index is 1050. The van der Waals surface area contributed by atoms with E-state index in [1.165, 1.54) is 18.2 Å². The summed E-state index contributed by atoms with van der Waals surface area (Å²) < 4.78 is 5.72. The summed E-state index contributed by atoms with van der Waals surface area (Å²) in [6.45, 7) is 2.82. The average Bonchev–Trinajstić information content (AvgIpc) is 3.05. The van der Waals surface area contributed by atoms with E-state index < -0.39 is 16.7 Å². The van der Waals surface area contributed by atoms with E-state index in [4.69, 9.17) is 4.74 Å². The SMILES string of the molecule is CCCCOc1ccccc1NC(=O)CCCCCN1C(=O)c2cccc([N+](=O)[O-])c2C1=O. The predicted octanol–water partition coefficient (Wildman–Crippen LogP) is 4.57. The van der Waals surface area contributed by atoms with E-state index in [0.717, 1.165) is 17.7 Å². The lowest BCUT2D eigenvalue weighted by Gasteiger charge is -2.14. The van der Waals surface area contributed by atoms with Crippen molar-refractivity contribution in [3.05, 3.63) is 63.7 Å². The molecule has 0 atom stereocenters. The highest BCUT2D eigenvalue weighted by molar-refractivity contribution is 6.23. The number of rotatable bonds is 12. The van der Waals surface area contributed by atoms with Crippen LogP contribution in [0.1, 0.15) is 66.2 Å². The topological polar surface area (TPSA) is 119 Å². The standard InChI is InChI=1S/C24H27N3O6/c1-2-3-16-33-20-13-7-6-11-18(20)25-21(28)14-5-4-8-15-26-23(29)17-10-9-12-19(27(31)32)22(17)24(26)30/h6-7,9-13H,2-5,8,14-16H2,1H3,(H,25,28). The van der Waals surface area contributed by atoms with Crippen molar-refractivity contribution in [2.75, 3.05) is 18.5 Å². The molecule has 2 aromatic carbocycles. The van der Waals surface area contributed by atoms with Crippen molar-refractivity contribution in [3.63, 3.8) is 0 Å². The molecule has 9 nitrogen and oxygen atoms in total. The highest BCUT2D eigenvalue weighted by atomic mass is 16.6. The zero-order valence-corrected chi connectivity index (χ0v) is 18.5. The van der Waals surface area contributed by atoms with E-state index in [2.05, 4.69) is 12.2 Å². The number of nitro benzene ring substituents is 1. The third-order valence-corrected chi connectivity index (χ3v) is 5.38. The Hall–Kier alpha value is -3.75. The molecule has 33 heavy (non-hydrogen) atoms. The molecule has 1 aliphatic heterocycles. The van der Waals surface area contributed by atoms with Gasteiger partial charge in [-0.1, -0.05) is 38.0 Å². The van der Waals surface area contributed by atoms with Crippen LogP contribution in [-0.4, -0.2) is 40.7 Å². The summed E-state index contributed by atoms with van der Waals surface area (Å²) >= 11 is 0. The first kappa shape index (κ1) is 23.9. The van der Waals surface area contributed by atoms with E-state index in [1.807, 2.05) is 18.2 Å². The fourth-order valence-corrected chi connectivity index (χ4v) is 3.64. The van der Waals surface area contributed by atoms with Crippen molar-refractivity contribution < 1.29 is 24.0 Å². The van der Waals surface area contributed by atoms with Crippen LogP contribution < -0.4 is 10.1 Å². The lowest BCUT2D eigenvalue weighted by molar-refractivity contribution is -0.385. The van der Waals surface area contributed by atoms with Gasteiger partial charge in [-0.05, 0) is 37.5 Å². The molecule has 0 aliphatic carbocycles. The molecule has 0 saturated carbocycles. The number of para-hydroxylation sites is 2. The van der Waals surface area contributed by atoms with E-state index in [9.17, 15) is 24.5 Å². The second kappa shape index (κ2) is 11.2. The summed E-state index contributed by atoms with van der Waals surface area (Å²) in [5.74, 6) is -0.659. The average molecular weight is 453 g/mol. The smallest absolute Gasteiger partial charge is 0.282 e. The first-order valence-electron chi connectivity index (χ1n) is 11.1. The number of fused-ring (bicyclic) bond motifs is 1. The number of unbranched alkanes of at least 4 members (excludes halogenated alkanes) is 3. The van der Waals surface area contributed by atoms with Crippen LogP contribution in [0.5, 0.6) is 5.75 Å². The van der Waals surface area contributed by atoms with E-state index in [1.54, 1.807) is 6.07 Å². The van der Waals surface area contributed by atoms with E-state index in [0.29, 0.717) is 37.3 Å². The Labute approximate surface area is 191 Å². The molecule has 0 bridgehead atoms. The molecule has 0 radical (unpaired) electrons. The number of nitrogens with one attached hydrogen (secondary N) is 1. The summed E-state index contributed by atoms with van der Waals surface area (Å²) in [7, 11) is 0. The Morgan fingerprint density at radius 3 is 2.58 bits per heavy atom. The third kappa shape index (κ3) is 5.74. The summed E-state index contributed by atoms with van der Waals surface area (Å²) in [4.78, 5) is 48.9. The van der Waals surface area contributed by atoms with Crippen molar-refractivity contribution in [3.8, 4) is 5.75 Å². The fraction of sp³-hybridized carbons (Fsp3) is 0.375. The summed E-state index contributed by atoms with van der Waals surface area (Å²) in [5, 5.41) is 14.0. The molecule has 0 unspecified atom stereocenters. The monoisotopic (exact) mass is 453 g/mol. The van der Waals surface area contributed by atoms with Gasteiger partial charge in [0.15, 0.2) is 0 Å². The number of hydrogen-bond donors (Lipinski definition) is 1. The zero-order chi connectivity index (χ0) is 23.8. The number of carbonyl (C=O) groups is 3. The minimum Gasteiger partial charge on any atom is -0.491 e. The number of imide groups is 1. The van der Waals surface area contributed by atoms with Crippen molar-refractivity contribution in [2.24, 2.45) is 0 Å². The summed E-state index contributed by atoms with van der Waals surface area (Å²) in [6.07, 6.45) is 3.95. The summed E-state index contributed by atoms with van der Waals surface area (Å²) in [5.41, 5.74) is 0.190. The molecule has 174 valence electrons. The van der Waals surface area contributed by atoms with Crippen LogP contribution in [-0.2, 0) is 4.79 Å². The van der Waals surface area contributed by atoms with Crippen molar-refractivity contribution in [1.82, 2.24) is 4.90 Å². The number of ether oxygens (including phenoxy) is 1. The molecule has 9 heteroatoms. The van der Waals surface area contributed by atoms with Crippen LogP contribution in [0.25, 0.3) is 0 Å². The molecule has 1 heterocycles. The van der Waals surface area contributed by atoms with Crippen LogP contribution in [0.3, 0.4) is 0 Å². The van der Waals surface area contributed by atoms with Gasteiger partial charge in [-0.15, -0.1) is 0 Å².